The van der Waals surface area contributed by atoms with Crippen molar-refractivity contribution in [3.05, 3.63) is 89.5 Å². The molecule has 28 heavy (non-hydrogen) atoms. The van der Waals surface area contributed by atoms with Gasteiger partial charge in [0.25, 0.3) is 0 Å². The number of oxime groups is 1. The fourth-order valence-electron chi connectivity index (χ4n) is 3.10. The third-order valence-corrected chi connectivity index (χ3v) is 4.56. The molecule has 0 heterocycles. The zero-order chi connectivity index (χ0) is 19.3. The lowest BCUT2D eigenvalue weighted by Crippen LogP contribution is -2.04. The number of carbonyl (C=O) groups is 1. The highest BCUT2D eigenvalue weighted by molar-refractivity contribution is 6.04. The molecule has 0 radical (unpaired) electrons. The zero-order valence-electron chi connectivity index (χ0n) is 15.4. The summed E-state index contributed by atoms with van der Waals surface area (Å²) in [5.41, 5.74) is 3.34. The molecule has 0 N–H and O–H groups in total. The molecule has 0 aromatic heterocycles. The van der Waals surface area contributed by atoms with Crippen LogP contribution < -0.4 is 9.47 Å². The molecule has 0 saturated carbocycles. The maximum atomic E-state index is 12.3. The monoisotopic (exact) mass is 373 g/mol. The topological polar surface area (TPSA) is 57.1 Å². The van der Waals surface area contributed by atoms with Gasteiger partial charge < -0.3 is 14.3 Å². The van der Waals surface area contributed by atoms with E-state index in [0.717, 1.165) is 41.2 Å². The lowest BCUT2D eigenvalue weighted by molar-refractivity contribution is 0.0516. The van der Waals surface area contributed by atoms with Gasteiger partial charge in [-0.15, -0.1) is 0 Å². The number of aryl methyl sites for hydroxylation is 1. The predicted molar refractivity (Wildman–Crippen MR) is 106 cm³/mol. The van der Waals surface area contributed by atoms with Crippen LogP contribution in [0, 0.1) is 0 Å². The van der Waals surface area contributed by atoms with E-state index in [1.807, 2.05) is 48.5 Å². The van der Waals surface area contributed by atoms with E-state index in [-0.39, 0.29) is 0 Å². The van der Waals surface area contributed by atoms with Gasteiger partial charge in [0, 0.05) is 5.56 Å². The van der Waals surface area contributed by atoms with Crippen molar-refractivity contribution >= 4 is 11.7 Å². The fraction of sp³-hybridized carbons (Fsp3) is 0.130. The quantitative estimate of drug-likeness (QED) is 0.467. The van der Waals surface area contributed by atoms with Crippen molar-refractivity contribution < 1.29 is 19.1 Å². The molecule has 5 heteroatoms. The maximum absolute atomic E-state index is 12.3. The van der Waals surface area contributed by atoms with E-state index >= 15 is 0 Å². The normalized spacial score (nSPS) is 13.8. The molecule has 1 aliphatic rings. The van der Waals surface area contributed by atoms with E-state index in [9.17, 15) is 4.79 Å². The first-order valence-corrected chi connectivity index (χ1v) is 9.01. The molecule has 0 unspecified atom stereocenters. The molecule has 1 aliphatic carbocycles. The average molecular weight is 373 g/mol. The van der Waals surface area contributed by atoms with E-state index in [2.05, 4.69) is 5.16 Å². The van der Waals surface area contributed by atoms with E-state index in [4.69, 9.17) is 14.3 Å². The number of rotatable bonds is 5. The third-order valence-electron chi connectivity index (χ3n) is 4.56. The van der Waals surface area contributed by atoms with Gasteiger partial charge in [-0.25, -0.2) is 4.79 Å². The van der Waals surface area contributed by atoms with Gasteiger partial charge >= 0.3 is 5.97 Å². The van der Waals surface area contributed by atoms with E-state index in [1.54, 1.807) is 31.4 Å². The predicted octanol–water partition coefficient (Wildman–Crippen LogP) is 4.99. The molecule has 5 nitrogen and oxygen atoms in total. The van der Waals surface area contributed by atoms with Gasteiger partial charge in [0.1, 0.15) is 17.2 Å². The molecule has 0 amide bonds. The Morgan fingerprint density at radius 2 is 1.57 bits per heavy atom. The lowest BCUT2D eigenvalue weighted by Gasteiger charge is -2.06. The summed E-state index contributed by atoms with van der Waals surface area (Å²) >= 11 is 0. The zero-order valence-corrected chi connectivity index (χ0v) is 15.4. The Hall–Kier alpha value is -3.60. The maximum Gasteiger partial charge on any atom is 0.365 e. The molecule has 4 rings (SSSR count). The van der Waals surface area contributed by atoms with Crippen molar-refractivity contribution in [3.8, 4) is 17.2 Å². The first-order chi connectivity index (χ1) is 13.7. The minimum Gasteiger partial charge on any atom is -0.497 e. The van der Waals surface area contributed by atoms with Crippen molar-refractivity contribution in [1.29, 1.82) is 0 Å². The minimum absolute atomic E-state index is 0.415. The molecule has 0 aliphatic heterocycles. The third kappa shape index (κ3) is 3.88. The Bertz CT molecular complexity index is 1010. The second kappa shape index (κ2) is 7.96. The second-order valence-electron chi connectivity index (χ2n) is 6.38. The smallest absolute Gasteiger partial charge is 0.365 e. The van der Waals surface area contributed by atoms with Gasteiger partial charge in [-0.2, -0.15) is 0 Å². The highest BCUT2D eigenvalue weighted by Crippen LogP contribution is 2.27. The Labute approximate surface area is 163 Å². The van der Waals surface area contributed by atoms with Crippen LogP contribution in [-0.4, -0.2) is 18.8 Å². The van der Waals surface area contributed by atoms with Crippen molar-refractivity contribution in [2.75, 3.05) is 7.11 Å². The minimum atomic E-state index is -0.499. The van der Waals surface area contributed by atoms with Gasteiger partial charge in [0.05, 0.1) is 18.4 Å². The number of hydrogen-bond donors (Lipinski definition) is 0. The number of hydrogen-bond acceptors (Lipinski definition) is 5. The molecule has 0 atom stereocenters. The van der Waals surface area contributed by atoms with Crippen LogP contribution in [0.3, 0.4) is 0 Å². The number of benzene rings is 3. The summed E-state index contributed by atoms with van der Waals surface area (Å²) in [6.07, 6.45) is 1.59. The van der Waals surface area contributed by atoms with Crippen LogP contribution >= 0.6 is 0 Å². The average Bonchev–Trinajstić information content (AvgIpc) is 3.15. The number of fused-ring (bicyclic) bond motifs is 1. The van der Waals surface area contributed by atoms with Crippen LogP contribution in [0.2, 0.25) is 0 Å². The highest BCUT2D eigenvalue weighted by Gasteiger charge is 2.19. The van der Waals surface area contributed by atoms with E-state index in [0.29, 0.717) is 11.3 Å². The molecule has 3 aromatic rings. The molecule has 0 saturated heterocycles. The van der Waals surface area contributed by atoms with Crippen molar-refractivity contribution in [1.82, 2.24) is 0 Å². The van der Waals surface area contributed by atoms with E-state index in [1.165, 1.54) is 0 Å². The Morgan fingerprint density at radius 3 is 2.32 bits per heavy atom. The van der Waals surface area contributed by atoms with Gasteiger partial charge in [0.2, 0.25) is 0 Å². The Balaban J connectivity index is 1.41. The summed E-state index contributed by atoms with van der Waals surface area (Å²) in [5.74, 6) is 1.70. The van der Waals surface area contributed by atoms with Crippen molar-refractivity contribution in [2.45, 2.75) is 12.8 Å². The molecule has 0 spiro atoms. The van der Waals surface area contributed by atoms with Gasteiger partial charge in [-0.1, -0.05) is 23.4 Å². The van der Waals surface area contributed by atoms with Crippen LogP contribution in [0.25, 0.3) is 0 Å². The summed E-state index contributed by atoms with van der Waals surface area (Å²) in [7, 11) is 1.64. The number of methoxy groups -OCH3 is 1. The summed E-state index contributed by atoms with van der Waals surface area (Å²) in [5, 5.41) is 4.08. The largest absolute Gasteiger partial charge is 0.497 e. The summed E-state index contributed by atoms with van der Waals surface area (Å²) in [6, 6.07) is 22.1. The fourth-order valence-corrected chi connectivity index (χ4v) is 3.10. The van der Waals surface area contributed by atoms with Crippen LogP contribution in [0.4, 0.5) is 0 Å². The Morgan fingerprint density at radius 1 is 0.857 bits per heavy atom. The summed E-state index contributed by atoms with van der Waals surface area (Å²) in [6.45, 7) is 0. The molecular weight excluding hydrogens is 354 g/mol. The van der Waals surface area contributed by atoms with Gasteiger partial charge in [0.15, 0.2) is 0 Å². The number of nitrogens with zero attached hydrogens (tertiary/aromatic N) is 1. The summed E-state index contributed by atoms with van der Waals surface area (Å²) < 4.78 is 11.0. The van der Waals surface area contributed by atoms with Crippen LogP contribution in [0.5, 0.6) is 17.2 Å². The number of carbonyl (C=O) groups excluding carboxylic acids is 1. The number of ether oxygens (including phenoxy) is 2. The summed E-state index contributed by atoms with van der Waals surface area (Å²) in [4.78, 5) is 17.5. The van der Waals surface area contributed by atoms with Crippen molar-refractivity contribution in [3.63, 3.8) is 0 Å². The SMILES string of the molecule is COc1ccc2c(c1)CCC2=NOC(=O)c1ccc(Oc2ccccc2)cc1. The molecule has 0 bridgehead atoms. The first kappa shape index (κ1) is 17.8. The van der Waals surface area contributed by atoms with Gasteiger partial charge in [-0.3, -0.25) is 0 Å². The van der Waals surface area contributed by atoms with Crippen LogP contribution in [0.15, 0.2) is 78.0 Å². The molecule has 140 valence electrons. The molecule has 0 fully saturated rings. The standard InChI is InChI=1S/C23H19NO4/c1-26-20-12-13-21-17(15-20)9-14-22(21)24-28-23(25)16-7-10-19(11-8-16)27-18-5-3-2-4-6-18/h2-8,10-13,15H,9,14H2,1H3. The van der Waals surface area contributed by atoms with Crippen LogP contribution in [-0.2, 0) is 11.3 Å². The van der Waals surface area contributed by atoms with E-state index < -0.39 is 5.97 Å². The first-order valence-electron chi connectivity index (χ1n) is 9.01. The second-order valence-corrected chi connectivity index (χ2v) is 6.38. The number of para-hydroxylation sites is 1. The van der Waals surface area contributed by atoms with Crippen molar-refractivity contribution in [2.24, 2.45) is 5.16 Å². The van der Waals surface area contributed by atoms with Crippen LogP contribution in [0.1, 0.15) is 27.9 Å². The van der Waals surface area contributed by atoms with Gasteiger partial charge in [-0.05, 0) is 73.0 Å². The Kier molecular flexibility index (Phi) is 5.06. The lowest BCUT2D eigenvalue weighted by atomic mass is 10.1. The molecular formula is C23H19NO4. The molecule has 3 aromatic carbocycles. The highest BCUT2D eigenvalue weighted by atomic mass is 16.7.